The Kier molecular flexibility index (Phi) is 3.98. The maximum atomic E-state index is 11.4. The van der Waals surface area contributed by atoms with E-state index in [4.69, 9.17) is 16.2 Å². The summed E-state index contributed by atoms with van der Waals surface area (Å²) < 4.78 is 6.12. The lowest BCUT2D eigenvalue weighted by Gasteiger charge is -2.36. The van der Waals surface area contributed by atoms with Gasteiger partial charge in [0.05, 0.1) is 18.8 Å². The third kappa shape index (κ3) is 2.89. The summed E-state index contributed by atoms with van der Waals surface area (Å²) in [6.45, 7) is 1.20. The van der Waals surface area contributed by atoms with Gasteiger partial charge >= 0.3 is 0 Å². The first-order valence-corrected chi connectivity index (χ1v) is 7.25. The smallest absolute Gasteiger partial charge is 0.236 e. The number of rotatable bonds is 4. The van der Waals surface area contributed by atoms with Crippen LogP contribution in [0.4, 0.5) is 5.69 Å². The third-order valence-electron chi connectivity index (χ3n) is 3.77. The Morgan fingerprint density at radius 3 is 2.68 bits per heavy atom. The highest BCUT2D eigenvalue weighted by molar-refractivity contribution is 5.80. The second kappa shape index (κ2) is 6.07. The zero-order valence-corrected chi connectivity index (χ0v) is 12.2. The summed E-state index contributed by atoms with van der Waals surface area (Å²) in [5.74, 6) is 0.381. The van der Waals surface area contributed by atoms with Crippen LogP contribution in [0, 0.1) is 0 Å². The van der Waals surface area contributed by atoms with E-state index >= 15 is 0 Å². The molecule has 1 aliphatic rings. The van der Waals surface area contributed by atoms with Gasteiger partial charge < -0.3 is 21.1 Å². The number of ether oxygens (including phenoxy) is 1. The van der Waals surface area contributed by atoms with Crippen LogP contribution in [0.25, 0.3) is 0 Å². The molecule has 0 aliphatic carbocycles. The van der Waals surface area contributed by atoms with Crippen LogP contribution >= 0.6 is 0 Å². The average Bonchev–Trinajstić information content (AvgIpc) is 2.54. The Labute approximate surface area is 129 Å². The van der Waals surface area contributed by atoms with E-state index < -0.39 is 0 Å². The molecule has 1 aliphatic heterocycles. The fourth-order valence-corrected chi connectivity index (χ4v) is 2.71. The zero-order chi connectivity index (χ0) is 15.5. The minimum Gasteiger partial charge on any atom is -0.482 e. The van der Waals surface area contributed by atoms with Gasteiger partial charge in [-0.15, -0.1) is 0 Å². The Balaban J connectivity index is 1.97. The van der Waals surface area contributed by atoms with Gasteiger partial charge in [-0.25, -0.2) is 0 Å². The molecule has 5 nitrogen and oxygen atoms in total. The first-order valence-electron chi connectivity index (χ1n) is 7.25. The molecular formula is C17H19N3O2. The van der Waals surface area contributed by atoms with Crippen LogP contribution in [0.1, 0.15) is 17.2 Å². The lowest BCUT2D eigenvalue weighted by atomic mass is 10.1. The van der Waals surface area contributed by atoms with E-state index in [0.29, 0.717) is 13.1 Å². The van der Waals surface area contributed by atoms with Crippen molar-refractivity contribution in [3.63, 3.8) is 0 Å². The number of nitrogens with zero attached hydrogens (tertiary/aromatic N) is 1. The predicted octanol–water partition coefficient (Wildman–Crippen LogP) is 1.57. The molecule has 0 saturated carbocycles. The SMILES string of the molecule is NCc1ccc2c(c1)OC(c1ccccc1)CN2CC(N)=O. The second-order valence-corrected chi connectivity index (χ2v) is 5.37. The van der Waals surface area contributed by atoms with Crippen molar-refractivity contribution in [3.05, 3.63) is 59.7 Å². The van der Waals surface area contributed by atoms with Crippen molar-refractivity contribution in [1.29, 1.82) is 0 Å². The standard InChI is InChI=1S/C17H19N3O2/c18-9-12-6-7-14-15(8-12)22-16(10-20(14)11-17(19)21)13-4-2-1-3-5-13/h1-8,16H,9-11,18H2,(H2,19,21). The van der Waals surface area contributed by atoms with Crippen LogP contribution in [-0.4, -0.2) is 19.0 Å². The van der Waals surface area contributed by atoms with E-state index in [0.717, 1.165) is 22.6 Å². The number of carbonyl (C=O) groups is 1. The molecule has 0 radical (unpaired) electrons. The molecule has 1 heterocycles. The Bertz CT molecular complexity index is 673. The van der Waals surface area contributed by atoms with E-state index in [2.05, 4.69) is 0 Å². The maximum absolute atomic E-state index is 11.4. The molecule has 5 heteroatoms. The lowest BCUT2D eigenvalue weighted by Crippen LogP contribution is -2.40. The largest absolute Gasteiger partial charge is 0.482 e. The summed E-state index contributed by atoms with van der Waals surface area (Å²) in [4.78, 5) is 13.3. The van der Waals surface area contributed by atoms with Crippen LogP contribution in [0.5, 0.6) is 5.75 Å². The van der Waals surface area contributed by atoms with Crippen molar-refractivity contribution in [2.75, 3.05) is 18.0 Å². The van der Waals surface area contributed by atoms with Gasteiger partial charge in [0.2, 0.25) is 5.91 Å². The average molecular weight is 297 g/mol. The highest BCUT2D eigenvalue weighted by atomic mass is 16.5. The van der Waals surface area contributed by atoms with Crippen LogP contribution < -0.4 is 21.1 Å². The van der Waals surface area contributed by atoms with Crippen LogP contribution in [-0.2, 0) is 11.3 Å². The highest BCUT2D eigenvalue weighted by Gasteiger charge is 2.27. The normalized spacial score (nSPS) is 16.8. The summed E-state index contributed by atoms with van der Waals surface area (Å²) in [5.41, 5.74) is 14.0. The van der Waals surface area contributed by atoms with Crippen LogP contribution in [0.15, 0.2) is 48.5 Å². The molecular weight excluding hydrogens is 278 g/mol. The molecule has 2 aromatic rings. The van der Waals surface area contributed by atoms with E-state index in [9.17, 15) is 4.79 Å². The molecule has 114 valence electrons. The number of amides is 1. The Hall–Kier alpha value is -2.53. The van der Waals surface area contributed by atoms with Crippen molar-refractivity contribution in [2.24, 2.45) is 11.5 Å². The Morgan fingerprint density at radius 2 is 2.00 bits per heavy atom. The minimum atomic E-state index is -0.359. The molecule has 1 atom stereocenters. The van der Waals surface area contributed by atoms with E-state index in [1.807, 2.05) is 53.4 Å². The van der Waals surface area contributed by atoms with E-state index in [1.54, 1.807) is 0 Å². The van der Waals surface area contributed by atoms with Gasteiger partial charge in [0.15, 0.2) is 0 Å². The molecule has 0 aromatic heterocycles. The molecule has 1 amide bonds. The van der Waals surface area contributed by atoms with Gasteiger partial charge in [0.25, 0.3) is 0 Å². The first kappa shape index (κ1) is 14.4. The molecule has 22 heavy (non-hydrogen) atoms. The topological polar surface area (TPSA) is 81.6 Å². The van der Waals surface area contributed by atoms with Crippen molar-refractivity contribution >= 4 is 11.6 Å². The predicted molar refractivity (Wildman–Crippen MR) is 85.6 cm³/mol. The van der Waals surface area contributed by atoms with Gasteiger partial charge in [-0.2, -0.15) is 0 Å². The third-order valence-corrected chi connectivity index (χ3v) is 3.77. The molecule has 0 bridgehead atoms. The van der Waals surface area contributed by atoms with Crippen LogP contribution in [0.2, 0.25) is 0 Å². The molecule has 0 saturated heterocycles. The van der Waals surface area contributed by atoms with E-state index in [-0.39, 0.29) is 18.6 Å². The number of fused-ring (bicyclic) bond motifs is 1. The number of benzene rings is 2. The minimum absolute atomic E-state index is 0.138. The van der Waals surface area contributed by atoms with Crippen LogP contribution in [0.3, 0.4) is 0 Å². The number of primary amides is 1. The number of hydrogen-bond donors (Lipinski definition) is 2. The summed E-state index contributed by atoms with van der Waals surface area (Å²) in [7, 11) is 0. The molecule has 3 rings (SSSR count). The maximum Gasteiger partial charge on any atom is 0.236 e. The molecule has 2 aromatic carbocycles. The summed E-state index contributed by atoms with van der Waals surface area (Å²) in [6.07, 6.45) is -0.138. The van der Waals surface area contributed by atoms with Gasteiger partial charge in [0, 0.05) is 6.54 Å². The first-order chi connectivity index (χ1) is 10.7. The summed E-state index contributed by atoms with van der Waals surface area (Å²) >= 11 is 0. The lowest BCUT2D eigenvalue weighted by molar-refractivity contribution is -0.116. The molecule has 0 spiro atoms. The number of anilines is 1. The molecule has 1 unspecified atom stereocenters. The van der Waals surface area contributed by atoms with Gasteiger partial charge in [0.1, 0.15) is 11.9 Å². The summed E-state index contributed by atoms with van der Waals surface area (Å²) in [6, 6.07) is 15.8. The fraction of sp³-hybridized carbons (Fsp3) is 0.235. The van der Waals surface area contributed by atoms with E-state index in [1.165, 1.54) is 0 Å². The molecule has 4 N–H and O–H groups in total. The van der Waals surface area contributed by atoms with Crippen molar-refractivity contribution in [2.45, 2.75) is 12.6 Å². The van der Waals surface area contributed by atoms with Crippen molar-refractivity contribution in [1.82, 2.24) is 0 Å². The number of nitrogens with two attached hydrogens (primary N) is 2. The zero-order valence-electron chi connectivity index (χ0n) is 12.2. The highest BCUT2D eigenvalue weighted by Crippen LogP contribution is 2.38. The second-order valence-electron chi connectivity index (χ2n) is 5.37. The van der Waals surface area contributed by atoms with Gasteiger partial charge in [-0.05, 0) is 23.3 Å². The van der Waals surface area contributed by atoms with Gasteiger partial charge in [-0.1, -0.05) is 36.4 Å². The number of hydrogen-bond acceptors (Lipinski definition) is 4. The number of carbonyl (C=O) groups excluding carboxylic acids is 1. The quantitative estimate of drug-likeness (QED) is 0.897. The molecule has 0 fully saturated rings. The monoisotopic (exact) mass is 297 g/mol. The fourth-order valence-electron chi connectivity index (χ4n) is 2.71. The van der Waals surface area contributed by atoms with Crippen molar-refractivity contribution in [3.8, 4) is 5.75 Å². The van der Waals surface area contributed by atoms with Gasteiger partial charge in [-0.3, -0.25) is 4.79 Å². The Morgan fingerprint density at radius 1 is 1.23 bits per heavy atom. The summed E-state index contributed by atoms with van der Waals surface area (Å²) in [5, 5.41) is 0. The van der Waals surface area contributed by atoms with Crippen molar-refractivity contribution < 1.29 is 9.53 Å².